The van der Waals surface area contributed by atoms with Crippen LogP contribution in [0.25, 0.3) is 10.8 Å². The highest BCUT2D eigenvalue weighted by Gasteiger charge is 2.20. The topological polar surface area (TPSA) is 70.8 Å². The van der Waals surface area contributed by atoms with Crippen LogP contribution in [0, 0.1) is 13.8 Å². The monoisotopic (exact) mass is 443 g/mol. The van der Waals surface area contributed by atoms with E-state index in [0.29, 0.717) is 38.6 Å². The predicted molar refractivity (Wildman–Crippen MR) is 121 cm³/mol. The van der Waals surface area contributed by atoms with Crippen molar-refractivity contribution in [2.45, 2.75) is 46.6 Å². The second kappa shape index (κ2) is 11.1. The summed E-state index contributed by atoms with van der Waals surface area (Å²) in [6.45, 7) is 8.95. The third-order valence-corrected chi connectivity index (χ3v) is 5.70. The molecule has 2 heterocycles. The summed E-state index contributed by atoms with van der Waals surface area (Å²) in [5.41, 5.74) is 1.90. The number of carbonyl (C=O) groups excluding carboxylic acids is 1. The highest BCUT2D eigenvalue weighted by atomic mass is 32.1. The van der Waals surface area contributed by atoms with Gasteiger partial charge in [-0.05, 0) is 57.5 Å². The number of carbonyl (C=O) groups is 1. The SMILES string of the molecule is CCOC(=O)[C@H](Cc1ccc(OCCc2nc(-c3ccc(C)s3)oc2C)cc1)OCC. The number of hydrogen-bond donors (Lipinski definition) is 0. The second-order valence-electron chi connectivity index (χ2n) is 7.07. The number of oxazole rings is 1. The lowest BCUT2D eigenvalue weighted by atomic mass is 10.1. The first-order valence-corrected chi connectivity index (χ1v) is 11.3. The Hall–Kier alpha value is -2.64. The number of rotatable bonds is 11. The van der Waals surface area contributed by atoms with Crippen LogP contribution < -0.4 is 4.74 Å². The van der Waals surface area contributed by atoms with Gasteiger partial charge in [0.15, 0.2) is 6.10 Å². The van der Waals surface area contributed by atoms with Crippen LogP contribution in [-0.2, 0) is 27.1 Å². The number of benzene rings is 1. The van der Waals surface area contributed by atoms with E-state index in [1.165, 1.54) is 4.88 Å². The first-order chi connectivity index (χ1) is 15.0. The van der Waals surface area contributed by atoms with Gasteiger partial charge in [0.1, 0.15) is 11.5 Å². The van der Waals surface area contributed by atoms with Crippen LogP contribution in [0.5, 0.6) is 5.75 Å². The Bertz CT molecular complexity index is 976. The average molecular weight is 444 g/mol. The summed E-state index contributed by atoms with van der Waals surface area (Å²) in [4.78, 5) is 18.9. The van der Waals surface area contributed by atoms with Crippen LogP contribution in [0.3, 0.4) is 0 Å². The third-order valence-electron chi connectivity index (χ3n) is 4.71. The van der Waals surface area contributed by atoms with E-state index in [1.807, 2.05) is 44.2 Å². The molecule has 3 aromatic rings. The zero-order valence-electron chi connectivity index (χ0n) is 18.5. The van der Waals surface area contributed by atoms with Crippen molar-refractivity contribution in [3.05, 3.63) is 58.3 Å². The number of aromatic nitrogens is 1. The molecule has 0 radical (unpaired) electrons. The normalized spacial score (nSPS) is 12.0. The molecule has 3 rings (SSSR count). The van der Waals surface area contributed by atoms with Crippen LogP contribution >= 0.6 is 11.3 Å². The zero-order chi connectivity index (χ0) is 22.2. The molecule has 0 aliphatic heterocycles. The van der Waals surface area contributed by atoms with E-state index < -0.39 is 6.10 Å². The summed E-state index contributed by atoms with van der Waals surface area (Å²) in [6.07, 6.45) is 0.542. The van der Waals surface area contributed by atoms with Crippen LogP contribution in [-0.4, -0.2) is 36.9 Å². The van der Waals surface area contributed by atoms with E-state index in [-0.39, 0.29) is 5.97 Å². The van der Waals surface area contributed by atoms with Gasteiger partial charge in [-0.15, -0.1) is 11.3 Å². The van der Waals surface area contributed by atoms with Gasteiger partial charge >= 0.3 is 5.97 Å². The molecule has 0 fully saturated rings. The maximum absolute atomic E-state index is 12.0. The summed E-state index contributed by atoms with van der Waals surface area (Å²) < 4.78 is 22.3. The molecule has 0 saturated heterocycles. The van der Waals surface area contributed by atoms with Crippen molar-refractivity contribution < 1.29 is 23.4 Å². The van der Waals surface area contributed by atoms with E-state index in [1.54, 1.807) is 18.3 Å². The zero-order valence-corrected chi connectivity index (χ0v) is 19.3. The van der Waals surface area contributed by atoms with Crippen molar-refractivity contribution in [1.29, 1.82) is 0 Å². The maximum Gasteiger partial charge on any atom is 0.335 e. The van der Waals surface area contributed by atoms with Crippen LogP contribution in [0.1, 0.15) is 35.7 Å². The van der Waals surface area contributed by atoms with Gasteiger partial charge in [-0.25, -0.2) is 9.78 Å². The molecule has 0 bridgehead atoms. The Morgan fingerprint density at radius 3 is 2.52 bits per heavy atom. The molecule has 166 valence electrons. The fraction of sp³-hybridized carbons (Fsp3) is 0.417. The molecule has 0 unspecified atom stereocenters. The van der Waals surface area contributed by atoms with Gasteiger partial charge < -0.3 is 18.6 Å². The molecular formula is C24H29NO5S. The Labute approximate surface area is 187 Å². The summed E-state index contributed by atoms with van der Waals surface area (Å²) in [7, 11) is 0. The summed E-state index contributed by atoms with van der Waals surface area (Å²) >= 11 is 1.67. The summed E-state index contributed by atoms with van der Waals surface area (Å²) in [5.74, 6) is 1.93. The standard InChI is InChI=1S/C24H29NO5S/c1-5-27-21(24(26)28-6-2)15-18-8-10-19(11-9-18)29-14-13-20-17(4)30-23(25-20)22-12-7-16(3)31-22/h7-12,21H,5-6,13-15H2,1-4H3/t21-/m0/s1. The number of thiophene rings is 1. The highest BCUT2D eigenvalue weighted by Crippen LogP contribution is 2.28. The van der Waals surface area contributed by atoms with E-state index >= 15 is 0 Å². The minimum absolute atomic E-state index is 0.329. The van der Waals surface area contributed by atoms with Crippen molar-refractivity contribution >= 4 is 17.3 Å². The van der Waals surface area contributed by atoms with Gasteiger partial charge in [-0.2, -0.15) is 0 Å². The first-order valence-electron chi connectivity index (χ1n) is 10.5. The maximum atomic E-state index is 12.0. The Morgan fingerprint density at radius 2 is 1.87 bits per heavy atom. The van der Waals surface area contributed by atoms with E-state index in [0.717, 1.165) is 27.6 Å². The lowest BCUT2D eigenvalue weighted by molar-refractivity contribution is -0.156. The second-order valence-corrected chi connectivity index (χ2v) is 8.36. The molecule has 0 spiro atoms. The van der Waals surface area contributed by atoms with Crippen molar-refractivity contribution in [2.24, 2.45) is 0 Å². The number of esters is 1. The van der Waals surface area contributed by atoms with Crippen LogP contribution in [0.2, 0.25) is 0 Å². The van der Waals surface area contributed by atoms with E-state index in [9.17, 15) is 4.79 Å². The Kier molecular flexibility index (Phi) is 8.26. The smallest absolute Gasteiger partial charge is 0.335 e. The van der Waals surface area contributed by atoms with Crippen molar-refractivity contribution in [1.82, 2.24) is 4.98 Å². The number of nitrogens with zero attached hydrogens (tertiary/aromatic N) is 1. The number of ether oxygens (including phenoxy) is 3. The van der Waals surface area contributed by atoms with Crippen molar-refractivity contribution in [3.8, 4) is 16.5 Å². The quantitative estimate of drug-likeness (QED) is 0.382. The molecule has 2 aromatic heterocycles. The molecule has 0 aliphatic carbocycles. The van der Waals surface area contributed by atoms with Gasteiger partial charge in [0.05, 0.1) is 23.8 Å². The molecule has 0 saturated carbocycles. The van der Waals surface area contributed by atoms with Crippen LogP contribution in [0.4, 0.5) is 0 Å². The lowest BCUT2D eigenvalue weighted by Crippen LogP contribution is -2.28. The molecule has 1 atom stereocenters. The largest absolute Gasteiger partial charge is 0.493 e. The Balaban J connectivity index is 1.52. The van der Waals surface area contributed by atoms with E-state index in [4.69, 9.17) is 18.6 Å². The summed E-state index contributed by atoms with van der Waals surface area (Å²) in [6, 6.07) is 11.8. The summed E-state index contributed by atoms with van der Waals surface area (Å²) in [5, 5.41) is 0. The molecular weight excluding hydrogens is 414 g/mol. The van der Waals surface area contributed by atoms with Gasteiger partial charge in [0.2, 0.25) is 5.89 Å². The number of aryl methyl sites for hydroxylation is 2. The van der Waals surface area contributed by atoms with Crippen molar-refractivity contribution in [3.63, 3.8) is 0 Å². The van der Waals surface area contributed by atoms with E-state index in [2.05, 4.69) is 18.0 Å². The Morgan fingerprint density at radius 1 is 1.10 bits per heavy atom. The molecule has 0 N–H and O–H groups in total. The molecule has 0 aliphatic rings. The first kappa shape index (κ1) is 23.0. The highest BCUT2D eigenvalue weighted by molar-refractivity contribution is 7.15. The van der Waals surface area contributed by atoms with Gasteiger partial charge in [-0.3, -0.25) is 0 Å². The van der Waals surface area contributed by atoms with Gasteiger partial charge in [0.25, 0.3) is 0 Å². The minimum Gasteiger partial charge on any atom is -0.493 e. The van der Waals surface area contributed by atoms with Gasteiger partial charge in [-0.1, -0.05) is 12.1 Å². The fourth-order valence-corrected chi connectivity index (χ4v) is 3.96. The molecule has 6 nitrogen and oxygen atoms in total. The minimum atomic E-state index is -0.590. The molecule has 7 heteroatoms. The lowest BCUT2D eigenvalue weighted by Gasteiger charge is -2.15. The third kappa shape index (κ3) is 6.42. The van der Waals surface area contributed by atoms with Crippen LogP contribution in [0.15, 0.2) is 40.8 Å². The number of hydrogen-bond acceptors (Lipinski definition) is 7. The van der Waals surface area contributed by atoms with Gasteiger partial charge in [0, 0.05) is 24.3 Å². The average Bonchev–Trinajstić information content (AvgIpc) is 3.35. The predicted octanol–water partition coefficient (Wildman–Crippen LogP) is 5.15. The van der Waals surface area contributed by atoms with Crippen molar-refractivity contribution in [2.75, 3.05) is 19.8 Å². The fourth-order valence-electron chi connectivity index (χ4n) is 3.16. The molecule has 0 amide bonds. The molecule has 31 heavy (non-hydrogen) atoms. The molecule has 1 aromatic carbocycles.